The fourth-order valence-electron chi connectivity index (χ4n) is 3.30. The molecule has 3 nitrogen and oxygen atoms in total. The smallest absolute Gasteiger partial charge is 0.123 e. The molecule has 2 aliphatic heterocycles. The van der Waals surface area contributed by atoms with E-state index in [0.717, 1.165) is 36.3 Å². The van der Waals surface area contributed by atoms with Crippen LogP contribution in [0.4, 0.5) is 0 Å². The molecule has 1 saturated heterocycles. The van der Waals surface area contributed by atoms with Crippen molar-refractivity contribution in [1.82, 2.24) is 4.90 Å². The van der Waals surface area contributed by atoms with E-state index in [0.29, 0.717) is 18.1 Å². The molecule has 0 bridgehead atoms. The molecule has 3 rings (SSSR count). The topological polar surface area (TPSA) is 38.5 Å². The van der Waals surface area contributed by atoms with Gasteiger partial charge in [-0.05, 0) is 49.6 Å². The standard InChI is InChI=1S/C15H21BrN2O/c1-10-4-11(7-17)8-18(10)9-14-6-12-5-13(16)2-3-15(12)19-14/h2-3,5,10-11,14H,4,6-9,17H2,1H3. The Morgan fingerprint density at radius 2 is 2.32 bits per heavy atom. The van der Waals surface area contributed by atoms with E-state index in [9.17, 15) is 0 Å². The lowest BCUT2D eigenvalue weighted by Crippen LogP contribution is -2.37. The third kappa shape index (κ3) is 2.81. The summed E-state index contributed by atoms with van der Waals surface area (Å²) in [6.45, 7) is 5.25. The van der Waals surface area contributed by atoms with Crippen LogP contribution in [0.5, 0.6) is 5.75 Å². The van der Waals surface area contributed by atoms with Crippen LogP contribution in [-0.4, -0.2) is 36.7 Å². The van der Waals surface area contributed by atoms with Gasteiger partial charge in [-0.1, -0.05) is 15.9 Å². The average Bonchev–Trinajstić information content (AvgIpc) is 2.93. The van der Waals surface area contributed by atoms with Crippen molar-refractivity contribution in [3.63, 3.8) is 0 Å². The fourth-order valence-corrected chi connectivity index (χ4v) is 3.70. The Bertz CT molecular complexity index is 465. The lowest BCUT2D eigenvalue weighted by atomic mass is 10.1. The van der Waals surface area contributed by atoms with Crippen LogP contribution in [0.1, 0.15) is 18.9 Å². The molecule has 1 fully saturated rings. The fraction of sp³-hybridized carbons (Fsp3) is 0.600. The van der Waals surface area contributed by atoms with Gasteiger partial charge in [0.05, 0.1) is 0 Å². The summed E-state index contributed by atoms with van der Waals surface area (Å²) < 4.78 is 7.18. The Balaban J connectivity index is 1.61. The predicted octanol–water partition coefficient (Wildman–Crippen LogP) is 2.42. The van der Waals surface area contributed by atoms with Crippen molar-refractivity contribution in [3.8, 4) is 5.75 Å². The molecule has 0 saturated carbocycles. The van der Waals surface area contributed by atoms with E-state index in [4.69, 9.17) is 10.5 Å². The van der Waals surface area contributed by atoms with Crippen LogP contribution in [0.15, 0.2) is 22.7 Å². The van der Waals surface area contributed by atoms with Gasteiger partial charge in [-0.2, -0.15) is 0 Å². The van der Waals surface area contributed by atoms with Gasteiger partial charge in [0.15, 0.2) is 0 Å². The molecular formula is C15H21BrN2O. The first kappa shape index (κ1) is 13.4. The van der Waals surface area contributed by atoms with Gasteiger partial charge in [0, 0.05) is 30.0 Å². The maximum atomic E-state index is 6.05. The second-order valence-corrected chi connectivity index (χ2v) is 6.75. The second-order valence-electron chi connectivity index (χ2n) is 5.84. The molecule has 0 aromatic heterocycles. The zero-order valence-electron chi connectivity index (χ0n) is 11.3. The molecule has 1 aromatic carbocycles. The van der Waals surface area contributed by atoms with E-state index in [1.807, 2.05) is 6.07 Å². The van der Waals surface area contributed by atoms with Crippen LogP contribution in [0, 0.1) is 5.92 Å². The first-order valence-corrected chi connectivity index (χ1v) is 7.84. The van der Waals surface area contributed by atoms with Crippen LogP contribution < -0.4 is 10.5 Å². The molecule has 2 heterocycles. The Labute approximate surface area is 123 Å². The number of likely N-dealkylation sites (tertiary alicyclic amines) is 1. The summed E-state index contributed by atoms with van der Waals surface area (Å²) >= 11 is 3.52. The molecule has 4 heteroatoms. The number of nitrogens with zero attached hydrogens (tertiary/aromatic N) is 1. The number of fused-ring (bicyclic) bond motifs is 1. The lowest BCUT2D eigenvalue weighted by Gasteiger charge is -2.24. The summed E-state index contributed by atoms with van der Waals surface area (Å²) in [5.41, 5.74) is 7.11. The van der Waals surface area contributed by atoms with Crippen molar-refractivity contribution in [1.29, 1.82) is 0 Å². The van der Waals surface area contributed by atoms with Gasteiger partial charge in [0.2, 0.25) is 0 Å². The first-order chi connectivity index (χ1) is 9.15. The van der Waals surface area contributed by atoms with Crippen LogP contribution >= 0.6 is 15.9 Å². The molecule has 2 aliphatic rings. The van der Waals surface area contributed by atoms with Crippen molar-refractivity contribution >= 4 is 15.9 Å². The van der Waals surface area contributed by atoms with E-state index in [2.05, 4.69) is 39.9 Å². The predicted molar refractivity (Wildman–Crippen MR) is 80.5 cm³/mol. The molecule has 3 atom stereocenters. The summed E-state index contributed by atoms with van der Waals surface area (Å²) in [4.78, 5) is 2.53. The highest BCUT2D eigenvalue weighted by Crippen LogP contribution is 2.32. The van der Waals surface area contributed by atoms with Gasteiger partial charge in [-0.25, -0.2) is 0 Å². The minimum Gasteiger partial charge on any atom is -0.488 e. The zero-order chi connectivity index (χ0) is 13.4. The summed E-state index contributed by atoms with van der Waals surface area (Å²) in [6, 6.07) is 6.91. The SMILES string of the molecule is CC1CC(CN)CN1CC1Cc2cc(Br)ccc2O1. The molecule has 0 radical (unpaired) electrons. The van der Waals surface area contributed by atoms with Crippen LogP contribution in [0.25, 0.3) is 0 Å². The number of rotatable bonds is 3. The highest BCUT2D eigenvalue weighted by molar-refractivity contribution is 9.10. The van der Waals surface area contributed by atoms with Crippen LogP contribution in [0.2, 0.25) is 0 Å². The minimum absolute atomic E-state index is 0.295. The Hall–Kier alpha value is -0.580. The molecule has 0 aliphatic carbocycles. The van der Waals surface area contributed by atoms with E-state index in [1.54, 1.807) is 0 Å². The average molecular weight is 325 g/mol. The lowest BCUT2D eigenvalue weighted by molar-refractivity contribution is 0.145. The third-order valence-electron chi connectivity index (χ3n) is 4.33. The monoisotopic (exact) mass is 324 g/mol. The van der Waals surface area contributed by atoms with Crippen molar-refractivity contribution in [2.24, 2.45) is 11.7 Å². The molecule has 104 valence electrons. The van der Waals surface area contributed by atoms with Gasteiger partial charge in [0.1, 0.15) is 11.9 Å². The number of nitrogens with two attached hydrogens (primary N) is 1. The quantitative estimate of drug-likeness (QED) is 0.928. The molecule has 0 spiro atoms. The summed E-state index contributed by atoms with van der Waals surface area (Å²) in [7, 11) is 0. The van der Waals surface area contributed by atoms with Crippen LogP contribution in [-0.2, 0) is 6.42 Å². The highest BCUT2D eigenvalue weighted by atomic mass is 79.9. The molecule has 0 amide bonds. The summed E-state index contributed by atoms with van der Waals surface area (Å²) in [6.07, 6.45) is 2.54. The minimum atomic E-state index is 0.295. The summed E-state index contributed by atoms with van der Waals surface area (Å²) in [5, 5.41) is 0. The Kier molecular flexibility index (Phi) is 3.83. The first-order valence-electron chi connectivity index (χ1n) is 7.05. The van der Waals surface area contributed by atoms with E-state index in [1.165, 1.54) is 12.0 Å². The Morgan fingerprint density at radius 1 is 1.47 bits per heavy atom. The number of hydrogen-bond acceptors (Lipinski definition) is 3. The number of halogens is 1. The second kappa shape index (κ2) is 5.43. The van der Waals surface area contributed by atoms with Gasteiger partial charge in [-0.3, -0.25) is 4.90 Å². The van der Waals surface area contributed by atoms with Gasteiger partial charge in [-0.15, -0.1) is 0 Å². The van der Waals surface area contributed by atoms with Crippen molar-refractivity contribution in [2.75, 3.05) is 19.6 Å². The molecule has 19 heavy (non-hydrogen) atoms. The van der Waals surface area contributed by atoms with E-state index >= 15 is 0 Å². The van der Waals surface area contributed by atoms with Gasteiger partial charge < -0.3 is 10.5 Å². The van der Waals surface area contributed by atoms with Crippen molar-refractivity contribution in [2.45, 2.75) is 31.9 Å². The largest absolute Gasteiger partial charge is 0.488 e. The van der Waals surface area contributed by atoms with Crippen LogP contribution in [0.3, 0.4) is 0 Å². The number of ether oxygens (including phenoxy) is 1. The van der Waals surface area contributed by atoms with E-state index in [-0.39, 0.29) is 0 Å². The maximum Gasteiger partial charge on any atom is 0.123 e. The molecule has 2 N–H and O–H groups in total. The van der Waals surface area contributed by atoms with Crippen molar-refractivity contribution in [3.05, 3.63) is 28.2 Å². The molecular weight excluding hydrogens is 304 g/mol. The Morgan fingerprint density at radius 3 is 3.05 bits per heavy atom. The van der Waals surface area contributed by atoms with Gasteiger partial charge in [0.25, 0.3) is 0 Å². The van der Waals surface area contributed by atoms with Gasteiger partial charge >= 0.3 is 0 Å². The highest BCUT2D eigenvalue weighted by Gasteiger charge is 2.32. The normalized spacial score (nSPS) is 30.4. The molecule has 1 aromatic rings. The van der Waals surface area contributed by atoms with Crippen molar-refractivity contribution < 1.29 is 4.74 Å². The number of hydrogen-bond donors (Lipinski definition) is 1. The maximum absolute atomic E-state index is 6.05. The third-order valence-corrected chi connectivity index (χ3v) is 4.82. The number of benzene rings is 1. The summed E-state index contributed by atoms with van der Waals surface area (Å²) in [5.74, 6) is 1.71. The molecule has 3 unspecified atom stereocenters. The van der Waals surface area contributed by atoms with E-state index < -0.39 is 0 Å². The zero-order valence-corrected chi connectivity index (χ0v) is 12.9.